The molecule has 0 aromatic heterocycles. The fourth-order valence-electron chi connectivity index (χ4n) is 1.20. The minimum absolute atomic E-state index is 0.0511. The lowest BCUT2D eigenvalue weighted by molar-refractivity contribution is -0.276. The van der Waals surface area contributed by atoms with Gasteiger partial charge in [-0.15, -0.1) is 13.2 Å². The van der Waals surface area contributed by atoms with Crippen molar-refractivity contribution in [3.63, 3.8) is 0 Å². The molecule has 11 heteroatoms. The van der Waals surface area contributed by atoms with Crippen LogP contribution in [0.25, 0.3) is 0 Å². The average molecular weight is 424 g/mol. The van der Waals surface area contributed by atoms with Crippen LogP contribution in [0.4, 0.5) is 39.5 Å². The number of hydrogen-bond acceptors (Lipinski definition) is 1. The number of alkyl halides is 9. The van der Waals surface area contributed by atoms with Crippen LogP contribution in [-0.2, 0) is 12.4 Å². The van der Waals surface area contributed by atoms with Crippen molar-refractivity contribution in [3.8, 4) is 5.75 Å². The maximum absolute atomic E-state index is 12.5. The van der Waals surface area contributed by atoms with E-state index >= 15 is 0 Å². The molecule has 0 aliphatic heterocycles. The smallest absolute Gasteiger partial charge is 0.405 e. The van der Waals surface area contributed by atoms with Crippen molar-refractivity contribution in [1.82, 2.24) is 0 Å². The third-order valence-electron chi connectivity index (χ3n) is 1.91. The Bertz CT molecular complexity index is 500. The molecule has 0 aliphatic carbocycles. The van der Waals surface area contributed by atoms with E-state index in [2.05, 4.69) is 4.74 Å². The van der Waals surface area contributed by atoms with Crippen LogP contribution >= 0.6 is 22.6 Å². The van der Waals surface area contributed by atoms with Crippen molar-refractivity contribution in [3.05, 3.63) is 26.8 Å². The second kappa shape index (κ2) is 5.15. The van der Waals surface area contributed by atoms with Gasteiger partial charge in [0.05, 0.1) is 11.1 Å². The van der Waals surface area contributed by atoms with Gasteiger partial charge in [0.25, 0.3) is 0 Å². The zero-order valence-corrected chi connectivity index (χ0v) is 11.0. The van der Waals surface area contributed by atoms with Gasteiger partial charge < -0.3 is 4.74 Å². The second-order valence-corrected chi connectivity index (χ2v) is 4.53. The van der Waals surface area contributed by atoms with Crippen LogP contribution < -0.4 is 4.74 Å². The van der Waals surface area contributed by atoms with Crippen molar-refractivity contribution < 1.29 is 44.3 Å². The highest BCUT2D eigenvalue weighted by Gasteiger charge is 2.42. The van der Waals surface area contributed by atoms with E-state index in [0.29, 0.717) is 0 Å². The van der Waals surface area contributed by atoms with Crippen LogP contribution in [-0.4, -0.2) is 6.36 Å². The Morgan fingerprint density at radius 1 is 0.750 bits per heavy atom. The summed E-state index contributed by atoms with van der Waals surface area (Å²) < 4.78 is 113. The minimum Gasteiger partial charge on any atom is -0.405 e. The molecule has 1 aromatic carbocycles. The Morgan fingerprint density at radius 3 is 1.55 bits per heavy atom. The van der Waals surface area contributed by atoms with E-state index in [9.17, 15) is 39.5 Å². The van der Waals surface area contributed by atoms with E-state index in [0.717, 1.165) is 22.6 Å². The first-order chi connectivity index (χ1) is 8.72. The normalized spacial score (nSPS) is 13.5. The molecular formula is C9H2F9IO. The Morgan fingerprint density at radius 2 is 1.20 bits per heavy atom. The molecule has 20 heavy (non-hydrogen) atoms. The average Bonchev–Trinajstić information content (AvgIpc) is 2.14. The molecular weight excluding hydrogens is 422 g/mol. The van der Waals surface area contributed by atoms with Crippen LogP contribution in [0, 0.1) is 3.57 Å². The number of ether oxygens (including phenoxy) is 1. The van der Waals surface area contributed by atoms with Crippen molar-refractivity contribution in [1.29, 1.82) is 0 Å². The Hall–Kier alpha value is -0.880. The highest BCUT2D eigenvalue weighted by atomic mass is 127. The third kappa shape index (κ3) is 4.31. The number of benzene rings is 1. The lowest BCUT2D eigenvalue weighted by Crippen LogP contribution is -2.21. The summed E-state index contributed by atoms with van der Waals surface area (Å²) in [6, 6.07) is -0.372. The van der Waals surface area contributed by atoms with Gasteiger partial charge in [-0.05, 0) is 34.7 Å². The number of halogens is 10. The fourth-order valence-corrected chi connectivity index (χ4v) is 1.97. The molecule has 1 aromatic rings. The fraction of sp³-hybridized carbons (Fsp3) is 0.333. The molecule has 0 aliphatic rings. The molecule has 0 saturated heterocycles. The molecule has 0 radical (unpaired) electrons. The summed E-state index contributed by atoms with van der Waals surface area (Å²) in [6.45, 7) is 0. The SMILES string of the molecule is FC(F)(F)Oc1cc(C(F)(F)F)c(I)cc1C(F)(F)F. The highest BCUT2D eigenvalue weighted by molar-refractivity contribution is 14.1. The quantitative estimate of drug-likeness (QED) is 0.444. The van der Waals surface area contributed by atoms with E-state index in [-0.39, 0.29) is 12.1 Å². The van der Waals surface area contributed by atoms with E-state index in [4.69, 9.17) is 0 Å². The van der Waals surface area contributed by atoms with Crippen molar-refractivity contribution in [2.45, 2.75) is 18.7 Å². The van der Waals surface area contributed by atoms with Crippen molar-refractivity contribution >= 4 is 22.6 Å². The first-order valence-corrected chi connectivity index (χ1v) is 5.53. The van der Waals surface area contributed by atoms with Crippen LogP contribution in [0.2, 0.25) is 0 Å². The van der Waals surface area contributed by atoms with E-state index in [1.165, 1.54) is 0 Å². The molecule has 0 bridgehead atoms. The standard InChI is InChI=1S/C9H2F9IO/c10-7(11,12)3-2-6(20-9(16,17)18)4(1-5(3)19)8(13,14)15/h1-2H. The monoisotopic (exact) mass is 424 g/mol. The van der Waals surface area contributed by atoms with Gasteiger partial charge in [-0.2, -0.15) is 26.3 Å². The minimum atomic E-state index is -5.55. The topological polar surface area (TPSA) is 9.23 Å². The molecule has 114 valence electrons. The van der Waals surface area contributed by atoms with Crippen LogP contribution in [0.5, 0.6) is 5.75 Å². The highest BCUT2D eigenvalue weighted by Crippen LogP contribution is 2.43. The third-order valence-corrected chi connectivity index (χ3v) is 2.80. The summed E-state index contributed by atoms with van der Waals surface area (Å²) in [5.41, 5.74) is -3.59. The lowest BCUT2D eigenvalue weighted by Gasteiger charge is -2.18. The summed E-state index contributed by atoms with van der Waals surface area (Å²) in [6.07, 6.45) is -15.9. The molecule has 1 rings (SSSR count). The van der Waals surface area contributed by atoms with Crippen molar-refractivity contribution in [2.24, 2.45) is 0 Å². The molecule has 0 saturated carbocycles. The van der Waals surface area contributed by atoms with Gasteiger partial charge in [-0.3, -0.25) is 0 Å². The molecule has 0 unspecified atom stereocenters. The van der Waals surface area contributed by atoms with Gasteiger partial charge in [-0.1, -0.05) is 0 Å². The molecule has 0 fully saturated rings. The van der Waals surface area contributed by atoms with Crippen LogP contribution in [0.3, 0.4) is 0 Å². The van der Waals surface area contributed by atoms with Gasteiger partial charge in [-0.25, -0.2) is 0 Å². The van der Waals surface area contributed by atoms with Crippen molar-refractivity contribution in [2.75, 3.05) is 0 Å². The second-order valence-electron chi connectivity index (χ2n) is 3.37. The molecule has 0 N–H and O–H groups in total. The van der Waals surface area contributed by atoms with Crippen LogP contribution in [0.15, 0.2) is 12.1 Å². The van der Waals surface area contributed by atoms with E-state index in [1.54, 1.807) is 0 Å². The van der Waals surface area contributed by atoms with Gasteiger partial charge in [0, 0.05) is 3.57 Å². The summed E-state index contributed by atoms with van der Waals surface area (Å²) >= 11 is 0.948. The van der Waals surface area contributed by atoms with Gasteiger partial charge >= 0.3 is 18.7 Å². The summed E-state index contributed by atoms with van der Waals surface area (Å²) in [4.78, 5) is 0. The summed E-state index contributed by atoms with van der Waals surface area (Å²) in [7, 11) is 0. The summed E-state index contributed by atoms with van der Waals surface area (Å²) in [5, 5.41) is 0. The van der Waals surface area contributed by atoms with Gasteiger partial charge in [0.15, 0.2) is 0 Å². The largest absolute Gasteiger partial charge is 0.573 e. The molecule has 0 spiro atoms. The molecule has 1 nitrogen and oxygen atoms in total. The Balaban J connectivity index is 3.51. The Labute approximate surface area is 118 Å². The summed E-state index contributed by atoms with van der Waals surface area (Å²) in [5.74, 6) is -1.95. The molecule has 0 amide bonds. The molecule has 0 atom stereocenters. The lowest BCUT2D eigenvalue weighted by atomic mass is 10.1. The zero-order chi connectivity index (χ0) is 15.9. The van der Waals surface area contributed by atoms with E-state index in [1.807, 2.05) is 0 Å². The Kier molecular flexibility index (Phi) is 4.42. The predicted molar refractivity (Wildman–Crippen MR) is 55.8 cm³/mol. The van der Waals surface area contributed by atoms with Gasteiger partial charge in [0.2, 0.25) is 0 Å². The van der Waals surface area contributed by atoms with Crippen LogP contribution in [0.1, 0.15) is 11.1 Å². The van der Waals surface area contributed by atoms with Gasteiger partial charge in [0.1, 0.15) is 5.75 Å². The molecule has 0 heterocycles. The maximum Gasteiger partial charge on any atom is 0.573 e. The predicted octanol–water partition coefficient (Wildman–Crippen LogP) is 5.23. The van der Waals surface area contributed by atoms with E-state index < -0.39 is 39.2 Å². The first-order valence-electron chi connectivity index (χ1n) is 4.45. The number of rotatable bonds is 1. The zero-order valence-electron chi connectivity index (χ0n) is 8.84. The maximum atomic E-state index is 12.5. The first kappa shape index (κ1) is 17.2. The number of hydrogen-bond donors (Lipinski definition) is 0.